The lowest BCUT2D eigenvalue weighted by molar-refractivity contribution is 0.296. The fourth-order valence-electron chi connectivity index (χ4n) is 0.842. The van der Waals surface area contributed by atoms with E-state index in [-0.39, 0.29) is 0 Å². The summed E-state index contributed by atoms with van der Waals surface area (Å²) in [5.74, 6) is 0.747. The summed E-state index contributed by atoms with van der Waals surface area (Å²) in [7, 11) is 0. The molecule has 0 aliphatic rings. The Morgan fingerprint density at radius 3 is 2.71 bits per heavy atom. The standard InChI is InChI=1S/C8H14N4OS/c1-3-6-10-7(13-5-4-9)12-8(11-6)14-2/h3-5,9H2,1-2H3. The Bertz CT molecular complexity index is 272. The summed E-state index contributed by atoms with van der Waals surface area (Å²) in [5, 5.41) is 0.684. The lowest BCUT2D eigenvalue weighted by atomic mass is 10.5. The molecule has 0 unspecified atom stereocenters. The normalized spacial score (nSPS) is 10.2. The Labute approximate surface area is 87.5 Å². The van der Waals surface area contributed by atoms with Crippen LogP contribution in [0.5, 0.6) is 6.01 Å². The van der Waals surface area contributed by atoms with Gasteiger partial charge in [0.2, 0.25) is 0 Å². The number of aromatic nitrogens is 3. The summed E-state index contributed by atoms with van der Waals surface area (Å²) in [6.07, 6.45) is 2.69. The second-order valence-corrected chi connectivity index (χ2v) is 3.28. The van der Waals surface area contributed by atoms with E-state index in [9.17, 15) is 0 Å². The number of rotatable bonds is 5. The zero-order valence-electron chi connectivity index (χ0n) is 8.36. The summed E-state index contributed by atoms with van der Waals surface area (Å²) in [6.45, 7) is 2.88. The van der Waals surface area contributed by atoms with Crippen LogP contribution in [0.4, 0.5) is 0 Å². The van der Waals surface area contributed by atoms with Gasteiger partial charge < -0.3 is 10.5 Å². The number of ether oxygens (including phenoxy) is 1. The molecule has 0 radical (unpaired) electrons. The fourth-order valence-corrected chi connectivity index (χ4v) is 1.21. The van der Waals surface area contributed by atoms with Crippen LogP contribution in [0.2, 0.25) is 0 Å². The van der Waals surface area contributed by atoms with E-state index >= 15 is 0 Å². The van der Waals surface area contributed by atoms with Gasteiger partial charge in [-0.25, -0.2) is 4.98 Å². The highest BCUT2D eigenvalue weighted by molar-refractivity contribution is 7.98. The van der Waals surface area contributed by atoms with Crippen molar-refractivity contribution in [1.82, 2.24) is 15.0 Å². The molecule has 6 heteroatoms. The molecular weight excluding hydrogens is 200 g/mol. The van der Waals surface area contributed by atoms with Crippen LogP contribution in [0.3, 0.4) is 0 Å². The van der Waals surface area contributed by atoms with E-state index in [1.165, 1.54) is 11.8 Å². The third-order valence-electron chi connectivity index (χ3n) is 1.49. The van der Waals surface area contributed by atoms with E-state index in [4.69, 9.17) is 10.5 Å². The molecule has 0 aliphatic carbocycles. The second kappa shape index (κ2) is 5.77. The maximum absolute atomic E-state index is 5.32. The maximum atomic E-state index is 5.32. The highest BCUT2D eigenvalue weighted by Crippen LogP contribution is 2.12. The van der Waals surface area contributed by atoms with Crippen LogP contribution in [0.25, 0.3) is 0 Å². The third-order valence-corrected chi connectivity index (χ3v) is 2.04. The summed E-state index contributed by atoms with van der Waals surface area (Å²) in [4.78, 5) is 12.4. The number of hydrogen-bond acceptors (Lipinski definition) is 6. The highest BCUT2D eigenvalue weighted by Gasteiger charge is 2.04. The minimum atomic E-state index is 0.367. The molecule has 2 N–H and O–H groups in total. The minimum absolute atomic E-state index is 0.367. The zero-order chi connectivity index (χ0) is 10.4. The van der Waals surface area contributed by atoms with Gasteiger partial charge in [-0.1, -0.05) is 18.7 Å². The largest absolute Gasteiger partial charge is 0.462 e. The minimum Gasteiger partial charge on any atom is -0.462 e. The van der Waals surface area contributed by atoms with E-state index in [1.807, 2.05) is 13.2 Å². The van der Waals surface area contributed by atoms with E-state index in [0.717, 1.165) is 12.2 Å². The van der Waals surface area contributed by atoms with Gasteiger partial charge in [-0.2, -0.15) is 9.97 Å². The van der Waals surface area contributed by atoms with Crippen LogP contribution in [0.1, 0.15) is 12.7 Å². The van der Waals surface area contributed by atoms with Crippen molar-refractivity contribution in [2.45, 2.75) is 18.5 Å². The molecule has 0 aliphatic heterocycles. The van der Waals surface area contributed by atoms with E-state index in [1.54, 1.807) is 0 Å². The molecule has 1 heterocycles. The molecule has 5 nitrogen and oxygen atoms in total. The van der Waals surface area contributed by atoms with Crippen molar-refractivity contribution in [1.29, 1.82) is 0 Å². The lowest BCUT2D eigenvalue weighted by Crippen LogP contribution is -2.13. The van der Waals surface area contributed by atoms with Crippen molar-refractivity contribution in [2.75, 3.05) is 19.4 Å². The summed E-state index contributed by atoms with van der Waals surface area (Å²) >= 11 is 1.47. The van der Waals surface area contributed by atoms with Gasteiger partial charge in [0.25, 0.3) is 0 Å². The van der Waals surface area contributed by atoms with Crippen molar-refractivity contribution >= 4 is 11.8 Å². The first-order valence-electron chi connectivity index (χ1n) is 4.42. The molecule has 78 valence electrons. The number of nitrogens with zero attached hydrogens (tertiary/aromatic N) is 3. The summed E-state index contributed by atoms with van der Waals surface area (Å²) < 4.78 is 5.24. The smallest absolute Gasteiger partial charge is 0.320 e. The zero-order valence-corrected chi connectivity index (χ0v) is 9.17. The first-order chi connectivity index (χ1) is 6.80. The Hall–Kier alpha value is -0.880. The van der Waals surface area contributed by atoms with Gasteiger partial charge in [0.15, 0.2) is 5.16 Å². The Kier molecular flexibility index (Phi) is 4.61. The first-order valence-corrected chi connectivity index (χ1v) is 5.64. The van der Waals surface area contributed by atoms with E-state index in [2.05, 4.69) is 15.0 Å². The molecule has 14 heavy (non-hydrogen) atoms. The maximum Gasteiger partial charge on any atom is 0.320 e. The van der Waals surface area contributed by atoms with Crippen molar-refractivity contribution in [2.24, 2.45) is 5.73 Å². The van der Waals surface area contributed by atoms with Gasteiger partial charge in [-0.05, 0) is 6.26 Å². The molecule has 0 saturated carbocycles. The molecular formula is C8H14N4OS. The molecule has 1 rings (SSSR count). The number of aryl methyl sites for hydroxylation is 1. The number of hydrogen-bond donors (Lipinski definition) is 1. The highest BCUT2D eigenvalue weighted by atomic mass is 32.2. The molecule has 0 aromatic carbocycles. The molecule has 0 fully saturated rings. The lowest BCUT2D eigenvalue weighted by Gasteiger charge is -2.04. The molecule has 1 aromatic rings. The molecule has 1 aromatic heterocycles. The predicted molar refractivity (Wildman–Crippen MR) is 55.5 cm³/mol. The van der Waals surface area contributed by atoms with Crippen LogP contribution >= 0.6 is 11.8 Å². The van der Waals surface area contributed by atoms with Crippen LogP contribution in [-0.4, -0.2) is 34.4 Å². The van der Waals surface area contributed by atoms with Crippen molar-refractivity contribution in [3.05, 3.63) is 5.82 Å². The quantitative estimate of drug-likeness (QED) is 0.719. The van der Waals surface area contributed by atoms with E-state index in [0.29, 0.717) is 24.3 Å². The van der Waals surface area contributed by atoms with Gasteiger partial charge in [0, 0.05) is 13.0 Å². The van der Waals surface area contributed by atoms with Gasteiger partial charge in [-0.3, -0.25) is 0 Å². The van der Waals surface area contributed by atoms with Crippen molar-refractivity contribution in [3.8, 4) is 6.01 Å². The monoisotopic (exact) mass is 214 g/mol. The molecule has 0 bridgehead atoms. The number of thioether (sulfide) groups is 1. The van der Waals surface area contributed by atoms with Gasteiger partial charge >= 0.3 is 6.01 Å². The fraction of sp³-hybridized carbons (Fsp3) is 0.625. The topological polar surface area (TPSA) is 73.9 Å². The van der Waals surface area contributed by atoms with Gasteiger partial charge in [0.1, 0.15) is 12.4 Å². The van der Waals surface area contributed by atoms with Gasteiger partial charge in [-0.15, -0.1) is 0 Å². The summed E-state index contributed by atoms with van der Waals surface area (Å²) in [6, 6.07) is 0.367. The Balaban J connectivity index is 2.81. The molecule has 0 spiro atoms. The molecule has 0 amide bonds. The Morgan fingerprint density at radius 2 is 2.14 bits per heavy atom. The Morgan fingerprint density at radius 1 is 1.36 bits per heavy atom. The predicted octanol–water partition coefficient (Wildman–Crippen LogP) is 0.493. The first kappa shape index (κ1) is 11.2. The van der Waals surface area contributed by atoms with Crippen LogP contribution < -0.4 is 10.5 Å². The summed E-state index contributed by atoms with van der Waals surface area (Å²) in [5.41, 5.74) is 5.32. The van der Waals surface area contributed by atoms with E-state index < -0.39 is 0 Å². The number of nitrogens with two attached hydrogens (primary N) is 1. The average molecular weight is 214 g/mol. The van der Waals surface area contributed by atoms with Crippen LogP contribution in [0, 0.1) is 0 Å². The van der Waals surface area contributed by atoms with Crippen LogP contribution in [0.15, 0.2) is 5.16 Å². The second-order valence-electron chi connectivity index (χ2n) is 2.51. The van der Waals surface area contributed by atoms with Gasteiger partial charge in [0.05, 0.1) is 0 Å². The van der Waals surface area contributed by atoms with Crippen LogP contribution in [-0.2, 0) is 6.42 Å². The van der Waals surface area contributed by atoms with Crippen molar-refractivity contribution in [3.63, 3.8) is 0 Å². The average Bonchev–Trinajstić information content (AvgIpc) is 2.25. The SMILES string of the molecule is CCc1nc(OCCN)nc(SC)n1. The molecule has 0 saturated heterocycles. The molecule has 0 atom stereocenters. The third kappa shape index (κ3) is 3.12. The van der Waals surface area contributed by atoms with Crippen molar-refractivity contribution < 1.29 is 4.74 Å².